The lowest BCUT2D eigenvalue weighted by Gasteiger charge is -2.23. The highest BCUT2D eigenvalue weighted by atomic mass is 16.6. The zero-order valence-corrected chi connectivity index (χ0v) is 12.5. The molecule has 2 aromatic carbocycles. The highest BCUT2D eigenvalue weighted by Gasteiger charge is 2.23. The van der Waals surface area contributed by atoms with Crippen LogP contribution in [-0.2, 0) is 11.3 Å². The molecule has 23 heavy (non-hydrogen) atoms. The molecule has 6 nitrogen and oxygen atoms in total. The van der Waals surface area contributed by atoms with E-state index in [1.165, 1.54) is 0 Å². The number of hydrogen-bond acceptors (Lipinski definition) is 4. The van der Waals surface area contributed by atoms with Gasteiger partial charge in [-0.1, -0.05) is 24.3 Å². The van der Waals surface area contributed by atoms with Crippen LogP contribution in [0.3, 0.4) is 0 Å². The Bertz CT molecular complexity index is 731. The summed E-state index contributed by atoms with van der Waals surface area (Å²) in [7, 11) is 0. The summed E-state index contributed by atoms with van der Waals surface area (Å²) in [5, 5.41) is 5.43. The quantitative estimate of drug-likeness (QED) is 0.913. The lowest BCUT2D eigenvalue weighted by atomic mass is 10.1. The number of carbonyl (C=O) groups is 2. The highest BCUT2D eigenvalue weighted by molar-refractivity contribution is 5.97. The van der Waals surface area contributed by atoms with E-state index in [0.29, 0.717) is 17.2 Å². The van der Waals surface area contributed by atoms with Crippen molar-refractivity contribution in [2.45, 2.75) is 19.6 Å². The molecule has 2 aromatic rings. The summed E-state index contributed by atoms with van der Waals surface area (Å²) in [6.07, 6.45) is -1.05. The van der Waals surface area contributed by atoms with E-state index in [-0.39, 0.29) is 12.5 Å². The van der Waals surface area contributed by atoms with Gasteiger partial charge in [-0.15, -0.1) is 0 Å². The Balaban J connectivity index is 1.60. The number of rotatable bonds is 3. The van der Waals surface area contributed by atoms with Crippen LogP contribution in [0.1, 0.15) is 12.5 Å². The highest BCUT2D eigenvalue weighted by Crippen LogP contribution is 2.30. The number of fused-ring (bicyclic) bond motifs is 1. The lowest BCUT2D eigenvalue weighted by molar-refractivity contribution is -0.122. The molecule has 0 saturated carbocycles. The second-order valence-electron chi connectivity index (χ2n) is 5.14. The molecule has 0 radical (unpaired) electrons. The summed E-state index contributed by atoms with van der Waals surface area (Å²) in [6, 6.07) is 14.2. The maximum absolute atomic E-state index is 11.7. The predicted octanol–water partition coefficient (Wildman–Crippen LogP) is 2.69. The Hall–Kier alpha value is -3.02. The summed E-state index contributed by atoms with van der Waals surface area (Å²) in [6.45, 7) is 1.97. The molecule has 0 spiro atoms. The standard InChI is InChI=1S/C17H16N2O4/c1-11-16(20)19-14-9-12(7-8-15(14)22-11)10-18-17(21)23-13-5-3-2-4-6-13/h2-9,11H,10H2,1H3,(H,18,21)(H,19,20). The van der Waals surface area contributed by atoms with Crippen LogP contribution in [0.4, 0.5) is 10.5 Å². The average Bonchev–Trinajstić information content (AvgIpc) is 2.55. The zero-order chi connectivity index (χ0) is 16.2. The number of para-hydroxylation sites is 1. The number of nitrogens with one attached hydrogen (secondary N) is 2. The number of carbonyl (C=O) groups excluding carboxylic acids is 2. The summed E-state index contributed by atoms with van der Waals surface area (Å²) in [5.41, 5.74) is 1.43. The number of benzene rings is 2. The van der Waals surface area contributed by atoms with Gasteiger partial charge in [0.2, 0.25) is 0 Å². The number of amides is 2. The van der Waals surface area contributed by atoms with E-state index in [9.17, 15) is 9.59 Å². The molecule has 0 saturated heterocycles. The minimum atomic E-state index is -0.539. The van der Waals surface area contributed by atoms with E-state index in [4.69, 9.17) is 9.47 Å². The fourth-order valence-corrected chi connectivity index (χ4v) is 2.17. The van der Waals surface area contributed by atoms with Gasteiger partial charge in [0.1, 0.15) is 11.5 Å². The van der Waals surface area contributed by atoms with Crippen LogP contribution in [-0.4, -0.2) is 18.1 Å². The van der Waals surface area contributed by atoms with Gasteiger partial charge in [-0.05, 0) is 36.8 Å². The minimum absolute atomic E-state index is 0.189. The first kappa shape index (κ1) is 14.9. The van der Waals surface area contributed by atoms with Crippen LogP contribution < -0.4 is 20.1 Å². The number of anilines is 1. The number of ether oxygens (including phenoxy) is 2. The molecule has 0 bridgehead atoms. The zero-order valence-electron chi connectivity index (χ0n) is 12.5. The number of hydrogen-bond donors (Lipinski definition) is 2. The van der Waals surface area contributed by atoms with Crippen LogP contribution >= 0.6 is 0 Å². The van der Waals surface area contributed by atoms with E-state index >= 15 is 0 Å². The lowest BCUT2D eigenvalue weighted by Crippen LogP contribution is -2.34. The largest absolute Gasteiger partial charge is 0.479 e. The predicted molar refractivity (Wildman–Crippen MR) is 84.5 cm³/mol. The van der Waals surface area contributed by atoms with Crippen molar-refractivity contribution in [3.8, 4) is 11.5 Å². The molecule has 1 atom stereocenters. The summed E-state index contributed by atoms with van der Waals surface area (Å²) in [4.78, 5) is 23.4. The molecule has 118 valence electrons. The molecule has 2 amide bonds. The van der Waals surface area contributed by atoms with Gasteiger partial charge in [-0.2, -0.15) is 0 Å². The van der Waals surface area contributed by atoms with Crippen molar-refractivity contribution in [3.63, 3.8) is 0 Å². The fourth-order valence-electron chi connectivity index (χ4n) is 2.17. The second-order valence-corrected chi connectivity index (χ2v) is 5.14. The second kappa shape index (κ2) is 6.39. The average molecular weight is 312 g/mol. The minimum Gasteiger partial charge on any atom is -0.479 e. The van der Waals surface area contributed by atoms with Crippen molar-refractivity contribution < 1.29 is 19.1 Å². The first-order valence-electron chi connectivity index (χ1n) is 7.23. The van der Waals surface area contributed by atoms with E-state index in [0.717, 1.165) is 5.56 Å². The summed E-state index contributed by atoms with van der Waals surface area (Å²) < 4.78 is 10.6. The van der Waals surface area contributed by atoms with Crippen molar-refractivity contribution in [2.75, 3.05) is 5.32 Å². The molecule has 0 fully saturated rings. The van der Waals surface area contributed by atoms with Gasteiger partial charge in [-0.3, -0.25) is 4.79 Å². The van der Waals surface area contributed by atoms with E-state index in [1.54, 1.807) is 43.3 Å². The molecule has 0 aliphatic carbocycles. The third-order valence-corrected chi connectivity index (χ3v) is 3.37. The maximum atomic E-state index is 11.7. The van der Waals surface area contributed by atoms with Crippen molar-refractivity contribution in [2.24, 2.45) is 0 Å². The van der Waals surface area contributed by atoms with Gasteiger partial charge in [0.15, 0.2) is 6.10 Å². The van der Waals surface area contributed by atoms with E-state index in [1.807, 2.05) is 12.1 Å². The fraction of sp³-hybridized carbons (Fsp3) is 0.176. The molecular formula is C17H16N2O4. The Morgan fingerprint density at radius 3 is 2.83 bits per heavy atom. The topological polar surface area (TPSA) is 76.7 Å². The van der Waals surface area contributed by atoms with Gasteiger partial charge < -0.3 is 20.1 Å². The third kappa shape index (κ3) is 3.60. The normalized spacial score (nSPS) is 15.9. The Labute approximate surface area is 133 Å². The van der Waals surface area contributed by atoms with Crippen LogP contribution in [0, 0.1) is 0 Å². The molecule has 2 N–H and O–H groups in total. The maximum Gasteiger partial charge on any atom is 0.412 e. The van der Waals surface area contributed by atoms with Gasteiger partial charge in [0.05, 0.1) is 5.69 Å². The van der Waals surface area contributed by atoms with Gasteiger partial charge in [0.25, 0.3) is 5.91 Å². The SMILES string of the molecule is CC1Oc2ccc(CNC(=O)Oc3ccccc3)cc2NC1=O. The summed E-state index contributed by atoms with van der Waals surface area (Å²) in [5.74, 6) is 0.906. The molecule has 3 rings (SSSR count). The van der Waals surface area contributed by atoms with Crippen molar-refractivity contribution in [1.29, 1.82) is 0 Å². The Kier molecular flexibility index (Phi) is 4.14. The van der Waals surface area contributed by atoms with Gasteiger partial charge in [-0.25, -0.2) is 4.79 Å². The van der Waals surface area contributed by atoms with Crippen LogP contribution in [0.5, 0.6) is 11.5 Å². The molecular weight excluding hydrogens is 296 g/mol. The third-order valence-electron chi connectivity index (χ3n) is 3.37. The monoisotopic (exact) mass is 312 g/mol. The van der Waals surface area contributed by atoms with Gasteiger partial charge >= 0.3 is 6.09 Å². The van der Waals surface area contributed by atoms with Crippen LogP contribution in [0.25, 0.3) is 0 Å². The van der Waals surface area contributed by atoms with Crippen LogP contribution in [0.15, 0.2) is 48.5 Å². The molecule has 1 heterocycles. The molecule has 1 aliphatic rings. The Morgan fingerprint density at radius 2 is 2.04 bits per heavy atom. The van der Waals surface area contributed by atoms with Crippen molar-refractivity contribution in [1.82, 2.24) is 5.32 Å². The molecule has 1 aliphatic heterocycles. The Morgan fingerprint density at radius 1 is 1.26 bits per heavy atom. The first-order valence-corrected chi connectivity index (χ1v) is 7.23. The van der Waals surface area contributed by atoms with Crippen molar-refractivity contribution >= 4 is 17.7 Å². The molecule has 0 aromatic heterocycles. The van der Waals surface area contributed by atoms with Crippen molar-refractivity contribution in [3.05, 3.63) is 54.1 Å². The summed E-state index contributed by atoms with van der Waals surface area (Å²) >= 11 is 0. The van der Waals surface area contributed by atoms with Gasteiger partial charge in [0, 0.05) is 6.54 Å². The first-order chi connectivity index (χ1) is 11.1. The van der Waals surface area contributed by atoms with E-state index in [2.05, 4.69) is 10.6 Å². The van der Waals surface area contributed by atoms with E-state index < -0.39 is 12.2 Å². The molecule has 6 heteroatoms. The molecule has 1 unspecified atom stereocenters. The smallest absolute Gasteiger partial charge is 0.412 e. The van der Waals surface area contributed by atoms with Crippen LogP contribution in [0.2, 0.25) is 0 Å².